The molecule has 2 aromatic heterocycles. The average molecular weight is 164 g/mol. The maximum absolute atomic E-state index is 9.77. The van der Waals surface area contributed by atoms with E-state index in [-0.39, 0.29) is 0 Å². The van der Waals surface area contributed by atoms with Crippen molar-refractivity contribution in [2.24, 2.45) is 0 Å². The van der Waals surface area contributed by atoms with Gasteiger partial charge in [0.1, 0.15) is 0 Å². The number of hydrogen-bond acceptors (Lipinski definition) is 3. The Kier molecular flexibility index (Phi) is 3.37. The molecule has 0 radical (unpaired) electrons. The van der Waals surface area contributed by atoms with Crippen molar-refractivity contribution in [2.75, 3.05) is 0 Å². The van der Waals surface area contributed by atoms with Crippen molar-refractivity contribution < 1.29 is 9.21 Å². The minimum atomic E-state index is 0.375. The van der Waals surface area contributed by atoms with Crippen molar-refractivity contribution >= 4 is 6.29 Å². The number of carbonyl (C=O) groups is 1. The normalized spacial score (nSPS) is 8.33. The molecule has 4 heteroatoms. The summed E-state index contributed by atoms with van der Waals surface area (Å²) in [5.41, 5.74) is 0. The maximum atomic E-state index is 9.77. The van der Waals surface area contributed by atoms with Crippen molar-refractivity contribution in [3.05, 3.63) is 42.9 Å². The first-order chi connectivity index (χ1) is 5.93. The highest BCUT2D eigenvalue weighted by atomic mass is 16.3. The number of imidazole rings is 1. The van der Waals surface area contributed by atoms with Crippen LogP contribution in [-0.2, 0) is 0 Å². The maximum Gasteiger partial charge on any atom is 0.185 e. The van der Waals surface area contributed by atoms with Crippen LogP contribution in [0.15, 0.2) is 41.5 Å². The third-order valence-electron chi connectivity index (χ3n) is 1.07. The molecule has 0 aromatic carbocycles. The lowest BCUT2D eigenvalue weighted by molar-refractivity contribution is 0.110. The number of furan rings is 1. The van der Waals surface area contributed by atoms with Crippen LogP contribution in [0, 0.1) is 0 Å². The van der Waals surface area contributed by atoms with Gasteiger partial charge in [0, 0.05) is 12.4 Å². The molecule has 2 heterocycles. The third kappa shape index (κ3) is 2.83. The number of carbonyl (C=O) groups excluding carboxylic acids is 1. The van der Waals surface area contributed by atoms with E-state index in [4.69, 9.17) is 0 Å². The van der Waals surface area contributed by atoms with E-state index < -0.39 is 0 Å². The SMILES string of the molecule is O=Cc1ccco1.c1c[nH]cn1. The molecule has 0 aliphatic heterocycles. The van der Waals surface area contributed by atoms with Crippen molar-refractivity contribution in [3.8, 4) is 0 Å². The van der Waals surface area contributed by atoms with Crippen LogP contribution in [0.2, 0.25) is 0 Å². The van der Waals surface area contributed by atoms with Crippen LogP contribution >= 0.6 is 0 Å². The van der Waals surface area contributed by atoms with Gasteiger partial charge in [-0.3, -0.25) is 4.79 Å². The van der Waals surface area contributed by atoms with Crippen LogP contribution in [0.1, 0.15) is 10.6 Å². The molecule has 12 heavy (non-hydrogen) atoms. The summed E-state index contributed by atoms with van der Waals surface area (Å²) < 4.78 is 4.61. The summed E-state index contributed by atoms with van der Waals surface area (Å²) in [4.78, 5) is 16.2. The van der Waals surface area contributed by atoms with Gasteiger partial charge in [-0.2, -0.15) is 0 Å². The summed E-state index contributed by atoms with van der Waals surface area (Å²) in [5, 5.41) is 0. The molecule has 4 nitrogen and oxygen atoms in total. The van der Waals surface area contributed by atoms with E-state index >= 15 is 0 Å². The Labute approximate surface area is 69.2 Å². The van der Waals surface area contributed by atoms with Gasteiger partial charge in [0.2, 0.25) is 0 Å². The first-order valence-electron chi connectivity index (χ1n) is 3.35. The predicted octanol–water partition coefficient (Wildman–Crippen LogP) is 1.50. The Morgan fingerprint density at radius 1 is 1.58 bits per heavy atom. The Morgan fingerprint density at radius 2 is 2.50 bits per heavy atom. The van der Waals surface area contributed by atoms with E-state index in [9.17, 15) is 4.79 Å². The molecule has 0 aliphatic carbocycles. The number of nitrogens with one attached hydrogen (secondary N) is 1. The average Bonchev–Trinajstić information content (AvgIpc) is 2.81. The summed E-state index contributed by atoms with van der Waals surface area (Å²) in [6, 6.07) is 3.27. The van der Waals surface area contributed by atoms with Crippen molar-refractivity contribution in [1.82, 2.24) is 9.97 Å². The molecular weight excluding hydrogens is 156 g/mol. The van der Waals surface area contributed by atoms with E-state index in [0.29, 0.717) is 12.0 Å². The minimum absolute atomic E-state index is 0.375. The molecule has 62 valence electrons. The topological polar surface area (TPSA) is 58.9 Å². The van der Waals surface area contributed by atoms with Crippen LogP contribution < -0.4 is 0 Å². The zero-order chi connectivity index (χ0) is 8.65. The Hall–Kier alpha value is -1.84. The van der Waals surface area contributed by atoms with Crippen molar-refractivity contribution in [2.45, 2.75) is 0 Å². The molecule has 2 aromatic rings. The van der Waals surface area contributed by atoms with Crippen LogP contribution in [0.25, 0.3) is 0 Å². The monoisotopic (exact) mass is 164 g/mol. The van der Waals surface area contributed by atoms with Crippen LogP contribution in [-0.4, -0.2) is 16.3 Å². The molecule has 0 saturated carbocycles. The fourth-order valence-electron chi connectivity index (χ4n) is 0.573. The van der Waals surface area contributed by atoms with Crippen LogP contribution in [0.4, 0.5) is 0 Å². The molecule has 0 bridgehead atoms. The van der Waals surface area contributed by atoms with Gasteiger partial charge < -0.3 is 9.40 Å². The van der Waals surface area contributed by atoms with E-state index in [1.807, 2.05) is 0 Å². The molecule has 0 atom stereocenters. The number of hydrogen-bond donors (Lipinski definition) is 1. The zero-order valence-corrected chi connectivity index (χ0v) is 6.31. The van der Waals surface area contributed by atoms with Gasteiger partial charge in [-0.25, -0.2) is 4.98 Å². The molecule has 0 spiro atoms. The minimum Gasteiger partial charge on any atom is -0.462 e. The number of nitrogens with zero attached hydrogens (tertiary/aromatic N) is 1. The van der Waals surface area contributed by atoms with E-state index in [0.717, 1.165) is 0 Å². The lowest BCUT2D eigenvalue weighted by Crippen LogP contribution is -1.65. The highest BCUT2D eigenvalue weighted by Crippen LogP contribution is 1.92. The summed E-state index contributed by atoms with van der Waals surface area (Å²) >= 11 is 0. The zero-order valence-electron chi connectivity index (χ0n) is 6.31. The molecule has 0 aliphatic rings. The summed E-state index contributed by atoms with van der Waals surface area (Å²) in [6.07, 6.45) is 7.21. The highest BCUT2D eigenvalue weighted by molar-refractivity contribution is 5.69. The van der Waals surface area contributed by atoms with Gasteiger partial charge in [0.25, 0.3) is 0 Å². The number of rotatable bonds is 1. The quantitative estimate of drug-likeness (QED) is 0.650. The lowest BCUT2D eigenvalue weighted by atomic mass is 10.5. The van der Waals surface area contributed by atoms with E-state index in [1.165, 1.54) is 6.26 Å². The van der Waals surface area contributed by atoms with Crippen molar-refractivity contribution in [1.29, 1.82) is 0 Å². The third-order valence-corrected chi connectivity index (χ3v) is 1.07. The fourth-order valence-corrected chi connectivity index (χ4v) is 0.573. The predicted molar refractivity (Wildman–Crippen MR) is 42.7 cm³/mol. The molecule has 1 N–H and O–H groups in total. The molecule has 0 fully saturated rings. The molecule has 0 amide bonds. The number of aromatic amines is 1. The lowest BCUT2D eigenvalue weighted by Gasteiger charge is -1.68. The van der Waals surface area contributed by atoms with Gasteiger partial charge in [-0.1, -0.05) is 0 Å². The second kappa shape index (κ2) is 4.90. The van der Waals surface area contributed by atoms with E-state index in [1.54, 1.807) is 30.9 Å². The number of aromatic nitrogens is 2. The van der Waals surface area contributed by atoms with Gasteiger partial charge >= 0.3 is 0 Å². The smallest absolute Gasteiger partial charge is 0.185 e. The Bertz CT molecular complexity index is 269. The van der Waals surface area contributed by atoms with Gasteiger partial charge in [0.15, 0.2) is 12.0 Å². The van der Waals surface area contributed by atoms with Crippen LogP contribution in [0.3, 0.4) is 0 Å². The Morgan fingerprint density at radius 3 is 2.75 bits per heavy atom. The summed E-state index contributed by atoms with van der Waals surface area (Å²) in [5.74, 6) is 0.375. The van der Waals surface area contributed by atoms with Gasteiger partial charge in [-0.15, -0.1) is 0 Å². The van der Waals surface area contributed by atoms with Crippen LogP contribution in [0.5, 0.6) is 0 Å². The number of aldehydes is 1. The summed E-state index contributed by atoms with van der Waals surface area (Å²) in [7, 11) is 0. The number of H-pyrrole nitrogens is 1. The molecule has 2 rings (SSSR count). The second-order valence-electron chi connectivity index (χ2n) is 1.89. The highest BCUT2D eigenvalue weighted by Gasteiger charge is 1.84. The largest absolute Gasteiger partial charge is 0.462 e. The molecular formula is C8H8N2O2. The van der Waals surface area contributed by atoms with Gasteiger partial charge in [0.05, 0.1) is 12.6 Å². The standard InChI is InChI=1S/C5H4O2.C3H4N2/c6-4-5-2-1-3-7-5;1-2-5-3-4-1/h1-4H;1-3H,(H,4,5). The second-order valence-corrected chi connectivity index (χ2v) is 1.89. The first-order valence-corrected chi connectivity index (χ1v) is 3.35. The Balaban J connectivity index is 0.000000127. The first kappa shape index (κ1) is 8.26. The molecule has 0 unspecified atom stereocenters. The van der Waals surface area contributed by atoms with E-state index in [2.05, 4.69) is 14.4 Å². The molecule has 0 saturated heterocycles. The van der Waals surface area contributed by atoms with Crippen molar-refractivity contribution in [3.63, 3.8) is 0 Å². The fraction of sp³-hybridized carbons (Fsp3) is 0. The van der Waals surface area contributed by atoms with Gasteiger partial charge in [-0.05, 0) is 12.1 Å². The summed E-state index contributed by atoms with van der Waals surface area (Å²) in [6.45, 7) is 0.